The summed E-state index contributed by atoms with van der Waals surface area (Å²) in [5, 5.41) is 12.3. The molecular formula is C44H26O. The van der Waals surface area contributed by atoms with Crippen molar-refractivity contribution in [3.05, 3.63) is 158 Å². The highest BCUT2D eigenvalue weighted by molar-refractivity contribution is 6.26. The molecule has 1 aliphatic heterocycles. The average Bonchev–Trinajstić information content (AvgIpc) is 3.10. The van der Waals surface area contributed by atoms with Gasteiger partial charge in [-0.25, -0.2) is 0 Å². The third-order valence-electron chi connectivity index (χ3n) is 9.61. The average molecular weight is 571 g/mol. The second-order valence-corrected chi connectivity index (χ2v) is 12.0. The van der Waals surface area contributed by atoms with E-state index in [0.717, 1.165) is 17.1 Å². The Labute approximate surface area is 260 Å². The summed E-state index contributed by atoms with van der Waals surface area (Å²) in [7, 11) is 0. The lowest BCUT2D eigenvalue weighted by Crippen LogP contribution is -2.00. The van der Waals surface area contributed by atoms with Gasteiger partial charge < -0.3 is 4.74 Å². The summed E-state index contributed by atoms with van der Waals surface area (Å²) >= 11 is 0. The predicted octanol–water partition coefficient (Wildman–Crippen LogP) is 12.6. The van der Waals surface area contributed by atoms with E-state index in [1.807, 2.05) is 0 Å². The second-order valence-electron chi connectivity index (χ2n) is 12.0. The minimum atomic E-state index is 0.902. The molecule has 0 atom stereocenters. The maximum absolute atomic E-state index is 6.95. The molecule has 1 aliphatic rings. The lowest BCUT2D eigenvalue weighted by Gasteiger charge is -2.26. The number of hydrogen-bond donors (Lipinski definition) is 0. The number of ether oxygens (including phenoxy) is 1. The van der Waals surface area contributed by atoms with E-state index in [1.165, 1.54) is 81.7 Å². The van der Waals surface area contributed by atoms with E-state index in [2.05, 4.69) is 158 Å². The van der Waals surface area contributed by atoms with Crippen LogP contribution in [-0.4, -0.2) is 0 Å². The van der Waals surface area contributed by atoms with E-state index >= 15 is 0 Å². The van der Waals surface area contributed by atoms with Gasteiger partial charge in [0, 0.05) is 10.9 Å². The van der Waals surface area contributed by atoms with Gasteiger partial charge in [-0.1, -0.05) is 146 Å². The summed E-state index contributed by atoms with van der Waals surface area (Å²) in [6.07, 6.45) is 0. The lowest BCUT2D eigenvalue weighted by atomic mass is 9.82. The van der Waals surface area contributed by atoms with Crippen molar-refractivity contribution in [2.45, 2.75) is 0 Å². The molecule has 9 aromatic rings. The monoisotopic (exact) mass is 570 g/mol. The van der Waals surface area contributed by atoms with Gasteiger partial charge in [-0.15, -0.1) is 0 Å². The Balaban J connectivity index is 1.35. The van der Waals surface area contributed by atoms with Gasteiger partial charge in [-0.05, 0) is 88.4 Å². The zero-order valence-corrected chi connectivity index (χ0v) is 24.4. The fourth-order valence-corrected chi connectivity index (χ4v) is 7.78. The number of fused-ring (bicyclic) bond motifs is 8. The Kier molecular flexibility index (Phi) is 5.06. The first kappa shape index (κ1) is 24.5. The fourth-order valence-electron chi connectivity index (χ4n) is 7.78. The molecule has 1 heterocycles. The Bertz CT molecular complexity index is 2610. The van der Waals surface area contributed by atoms with Crippen LogP contribution in [0.5, 0.6) is 11.5 Å². The van der Waals surface area contributed by atoms with Gasteiger partial charge >= 0.3 is 0 Å². The van der Waals surface area contributed by atoms with E-state index in [-0.39, 0.29) is 0 Å². The first-order valence-corrected chi connectivity index (χ1v) is 15.5. The molecule has 208 valence electrons. The second kappa shape index (κ2) is 9.29. The first-order chi connectivity index (χ1) is 22.3. The van der Waals surface area contributed by atoms with E-state index in [1.54, 1.807) is 0 Å². The maximum Gasteiger partial charge on any atom is 0.136 e. The van der Waals surface area contributed by atoms with E-state index < -0.39 is 0 Å². The molecule has 0 aromatic heterocycles. The summed E-state index contributed by atoms with van der Waals surface area (Å²) in [5.41, 5.74) is 7.32. The molecule has 0 spiro atoms. The van der Waals surface area contributed by atoms with Crippen molar-refractivity contribution in [1.29, 1.82) is 0 Å². The van der Waals surface area contributed by atoms with Gasteiger partial charge in [-0.2, -0.15) is 0 Å². The van der Waals surface area contributed by atoms with Crippen LogP contribution in [0.1, 0.15) is 0 Å². The van der Waals surface area contributed by atoms with E-state index in [4.69, 9.17) is 4.74 Å². The summed E-state index contributed by atoms with van der Waals surface area (Å²) in [6.45, 7) is 0. The summed E-state index contributed by atoms with van der Waals surface area (Å²) < 4.78 is 6.95. The third kappa shape index (κ3) is 3.44. The summed E-state index contributed by atoms with van der Waals surface area (Å²) in [4.78, 5) is 0. The topological polar surface area (TPSA) is 9.23 Å². The molecule has 0 aliphatic carbocycles. The zero-order valence-electron chi connectivity index (χ0n) is 24.4. The minimum absolute atomic E-state index is 0.902. The third-order valence-corrected chi connectivity index (χ3v) is 9.61. The van der Waals surface area contributed by atoms with E-state index in [0.29, 0.717) is 0 Å². The van der Waals surface area contributed by atoms with Crippen molar-refractivity contribution in [3.63, 3.8) is 0 Å². The van der Waals surface area contributed by atoms with Crippen LogP contribution in [-0.2, 0) is 0 Å². The molecule has 0 fully saturated rings. The fraction of sp³-hybridized carbons (Fsp3) is 0. The highest BCUT2D eigenvalue weighted by Crippen LogP contribution is 2.54. The zero-order chi connectivity index (χ0) is 29.5. The molecule has 0 unspecified atom stereocenters. The highest BCUT2D eigenvalue weighted by Gasteiger charge is 2.26. The van der Waals surface area contributed by atoms with Crippen LogP contribution in [0.2, 0.25) is 0 Å². The van der Waals surface area contributed by atoms with Crippen LogP contribution >= 0.6 is 0 Å². The van der Waals surface area contributed by atoms with Crippen LogP contribution in [0.25, 0.3) is 87.2 Å². The molecule has 1 nitrogen and oxygen atoms in total. The molecule has 10 rings (SSSR count). The molecule has 0 radical (unpaired) electrons. The smallest absolute Gasteiger partial charge is 0.136 e. The van der Waals surface area contributed by atoms with Gasteiger partial charge in [0.25, 0.3) is 0 Å². The molecule has 0 saturated carbocycles. The molecule has 1 heteroatoms. The van der Waals surface area contributed by atoms with Crippen molar-refractivity contribution in [2.24, 2.45) is 0 Å². The first-order valence-electron chi connectivity index (χ1n) is 15.5. The normalized spacial score (nSPS) is 12.2. The van der Waals surface area contributed by atoms with Gasteiger partial charge in [0.1, 0.15) is 11.5 Å². The van der Waals surface area contributed by atoms with Crippen molar-refractivity contribution >= 4 is 53.9 Å². The van der Waals surface area contributed by atoms with Gasteiger partial charge in [0.2, 0.25) is 0 Å². The van der Waals surface area contributed by atoms with Crippen molar-refractivity contribution in [2.75, 3.05) is 0 Å². The molecule has 0 bridgehead atoms. The highest BCUT2D eigenvalue weighted by atomic mass is 16.5. The Morgan fingerprint density at radius 1 is 0.311 bits per heavy atom. The number of hydrogen-bond acceptors (Lipinski definition) is 1. The van der Waals surface area contributed by atoms with Crippen molar-refractivity contribution in [1.82, 2.24) is 0 Å². The Hall–Kier alpha value is -5.92. The molecule has 0 saturated heterocycles. The van der Waals surface area contributed by atoms with Gasteiger partial charge in [-0.3, -0.25) is 0 Å². The number of benzene rings is 9. The summed E-state index contributed by atoms with van der Waals surface area (Å²) in [6, 6.07) is 57.1. The molecular weight excluding hydrogens is 544 g/mol. The van der Waals surface area contributed by atoms with Crippen molar-refractivity contribution in [3.8, 4) is 44.9 Å². The van der Waals surface area contributed by atoms with Crippen LogP contribution in [0.4, 0.5) is 0 Å². The predicted molar refractivity (Wildman–Crippen MR) is 190 cm³/mol. The van der Waals surface area contributed by atoms with Gasteiger partial charge in [0.05, 0.1) is 0 Å². The number of rotatable bonds is 2. The molecule has 45 heavy (non-hydrogen) atoms. The Morgan fingerprint density at radius 3 is 1.53 bits per heavy atom. The molecule has 9 aromatic carbocycles. The lowest BCUT2D eigenvalue weighted by molar-refractivity contribution is 0.488. The van der Waals surface area contributed by atoms with Gasteiger partial charge in [0.15, 0.2) is 0 Å². The van der Waals surface area contributed by atoms with Crippen molar-refractivity contribution < 1.29 is 4.74 Å². The van der Waals surface area contributed by atoms with Crippen LogP contribution in [0, 0.1) is 0 Å². The minimum Gasteiger partial charge on any atom is -0.456 e. The standard InChI is InChI=1S/C44H26O/c1-2-13-27(14-3-1)41-33-19-8-10-21-35(33)42(36-22-11-9-20-34(36)41)38-26-40-44(32-18-7-6-17-30(32)38)37-24-12-23-31-29-16-5-4-15-28(29)25-39(45-40)43(31)37/h1-26H. The largest absolute Gasteiger partial charge is 0.456 e. The summed E-state index contributed by atoms with van der Waals surface area (Å²) in [5.74, 6) is 1.82. The maximum atomic E-state index is 6.95. The van der Waals surface area contributed by atoms with Crippen LogP contribution < -0.4 is 4.74 Å². The van der Waals surface area contributed by atoms with Crippen LogP contribution in [0.15, 0.2) is 158 Å². The SMILES string of the molecule is c1ccc(-c2c3ccccc3c(-c3cc4c(c5ccccc35)-c3cccc5c3c(cc3ccccc35)O4)c3ccccc23)cc1. The Morgan fingerprint density at radius 2 is 0.844 bits per heavy atom. The van der Waals surface area contributed by atoms with E-state index in [9.17, 15) is 0 Å². The van der Waals surface area contributed by atoms with Crippen LogP contribution in [0.3, 0.4) is 0 Å². The molecule has 0 amide bonds. The molecule has 0 N–H and O–H groups in total. The quantitative estimate of drug-likeness (QED) is 0.148.